The van der Waals surface area contributed by atoms with Crippen molar-refractivity contribution in [1.82, 2.24) is 5.32 Å². The number of methoxy groups -OCH3 is 1. The number of hydrogen-bond donors (Lipinski definition) is 1. The van der Waals surface area contributed by atoms with Crippen LogP contribution in [0.4, 0.5) is 0 Å². The first-order valence-corrected chi connectivity index (χ1v) is 10.5. The minimum atomic E-state index is -0.499. The van der Waals surface area contributed by atoms with Gasteiger partial charge in [-0.05, 0) is 41.8 Å². The van der Waals surface area contributed by atoms with E-state index in [2.05, 4.69) is 10.1 Å². The maximum atomic E-state index is 12.6. The Hall–Kier alpha value is -2.93. The van der Waals surface area contributed by atoms with Gasteiger partial charge in [-0.15, -0.1) is 0 Å². The monoisotopic (exact) mass is 447 g/mol. The normalized spacial score (nSPS) is 13.8. The van der Waals surface area contributed by atoms with Gasteiger partial charge < -0.3 is 24.3 Å². The van der Waals surface area contributed by atoms with E-state index in [9.17, 15) is 9.59 Å². The summed E-state index contributed by atoms with van der Waals surface area (Å²) in [5, 5.41) is 3.23. The maximum absolute atomic E-state index is 12.6. The van der Waals surface area contributed by atoms with Crippen LogP contribution in [0.1, 0.15) is 42.2 Å². The number of carbonyl (C=O) groups excluding carboxylic acids is 2. The number of fused-ring (bicyclic) bond motifs is 1. The highest BCUT2D eigenvalue weighted by Gasteiger charge is 2.21. The molecule has 2 aromatic carbocycles. The number of halogens is 1. The number of rotatable bonds is 7. The predicted molar refractivity (Wildman–Crippen MR) is 116 cm³/mol. The first-order chi connectivity index (χ1) is 14.9. The van der Waals surface area contributed by atoms with Crippen LogP contribution in [-0.4, -0.2) is 38.8 Å². The average molecular weight is 448 g/mol. The van der Waals surface area contributed by atoms with Gasteiger partial charge in [0, 0.05) is 6.42 Å². The highest BCUT2D eigenvalue weighted by Crippen LogP contribution is 2.34. The van der Waals surface area contributed by atoms with E-state index >= 15 is 0 Å². The second-order valence-corrected chi connectivity index (χ2v) is 7.88. The summed E-state index contributed by atoms with van der Waals surface area (Å²) in [4.78, 5) is 24.1. The molecule has 166 valence electrons. The van der Waals surface area contributed by atoms with Gasteiger partial charge in [-0.1, -0.05) is 31.5 Å². The zero-order valence-electron chi connectivity index (χ0n) is 17.8. The average Bonchev–Trinajstić information content (AvgIpc) is 3.00. The first kappa shape index (κ1) is 22.7. The second-order valence-electron chi connectivity index (χ2n) is 7.47. The second kappa shape index (κ2) is 10.4. The number of ether oxygens (including phenoxy) is 4. The van der Waals surface area contributed by atoms with Gasteiger partial charge in [0.1, 0.15) is 5.75 Å². The molecule has 7 nitrogen and oxygen atoms in total. The lowest BCUT2D eigenvalue weighted by Gasteiger charge is -2.24. The number of hydrogen-bond acceptors (Lipinski definition) is 6. The Balaban J connectivity index is 1.65. The van der Waals surface area contributed by atoms with Gasteiger partial charge in [-0.3, -0.25) is 4.79 Å². The van der Waals surface area contributed by atoms with Crippen molar-refractivity contribution in [1.29, 1.82) is 0 Å². The fourth-order valence-corrected chi connectivity index (χ4v) is 3.46. The van der Waals surface area contributed by atoms with Crippen molar-refractivity contribution in [3.8, 4) is 17.2 Å². The SMILES string of the molecule is COC(=O)c1ccc(OCC(=O)NC(c2ccc3c(c2)OCCCO3)C(C)C)c(Cl)c1. The van der Waals surface area contributed by atoms with Gasteiger partial charge in [0.05, 0.1) is 37.0 Å². The molecular formula is C23H26ClNO6. The molecule has 1 atom stereocenters. The van der Waals surface area contributed by atoms with Crippen LogP contribution in [-0.2, 0) is 9.53 Å². The predicted octanol–water partition coefficient (Wildman–Crippen LogP) is 4.18. The Morgan fingerprint density at radius 1 is 1.10 bits per heavy atom. The maximum Gasteiger partial charge on any atom is 0.337 e. The molecule has 1 N–H and O–H groups in total. The van der Waals surface area contributed by atoms with Crippen molar-refractivity contribution in [2.45, 2.75) is 26.3 Å². The molecule has 0 saturated carbocycles. The van der Waals surface area contributed by atoms with E-state index in [1.807, 2.05) is 32.0 Å². The standard InChI is InChI=1S/C23H26ClNO6/c1-14(2)22(15-5-8-19-20(12-15)30-10-4-9-29-19)25-21(26)13-31-18-7-6-16(11-17(18)24)23(27)28-3/h5-8,11-12,14,22H,4,9-10,13H2,1-3H3,(H,25,26). The molecule has 0 fully saturated rings. The van der Waals surface area contributed by atoms with E-state index < -0.39 is 5.97 Å². The zero-order valence-corrected chi connectivity index (χ0v) is 18.5. The largest absolute Gasteiger partial charge is 0.490 e. The smallest absolute Gasteiger partial charge is 0.337 e. The Morgan fingerprint density at radius 3 is 2.52 bits per heavy atom. The number of esters is 1. The molecule has 1 unspecified atom stereocenters. The van der Waals surface area contributed by atoms with Crippen molar-refractivity contribution >= 4 is 23.5 Å². The summed E-state index contributed by atoms with van der Waals surface area (Å²) in [7, 11) is 1.29. The number of benzene rings is 2. The Kier molecular flexibility index (Phi) is 7.63. The van der Waals surface area contributed by atoms with Crippen LogP contribution in [0.25, 0.3) is 0 Å². The van der Waals surface area contributed by atoms with Crippen molar-refractivity contribution in [3.63, 3.8) is 0 Å². The first-order valence-electron chi connectivity index (χ1n) is 10.1. The summed E-state index contributed by atoms with van der Waals surface area (Å²) in [6.45, 7) is 5.05. The Bertz CT molecular complexity index is 946. The minimum absolute atomic E-state index is 0.136. The zero-order chi connectivity index (χ0) is 22.4. The fraction of sp³-hybridized carbons (Fsp3) is 0.391. The molecule has 1 aliphatic heterocycles. The van der Waals surface area contributed by atoms with E-state index in [-0.39, 0.29) is 29.5 Å². The summed E-state index contributed by atoms with van der Waals surface area (Å²) in [5.41, 5.74) is 1.23. The van der Waals surface area contributed by atoms with Gasteiger partial charge in [0.25, 0.3) is 5.91 Å². The van der Waals surface area contributed by atoms with Crippen molar-refractivity contribution in [3.05, 3.63) is 52.5 Å². The van der Waals surface area contributed by atoms with Crippen LogP contribution in [0.5, 0.6) is 17.2 Å². The lowest BCUT2D eigenvalue weighted by atomic mass is 9.95. The number of carbonyl (C=O) groups is 2. The van der Waals surface area contributed by atoms with Crippen LogP contribution >= 0.6 is 11.6 Å². The highest BCUT2D eigenvalue weighted by molar-refractivity contribution is 6.32. The molecule has 0 aliphatic carbocycles. The van der Waals surface area contributed by atoms with Crippen LogP contribution in [0, 0.1) is 5.92 Å². The molecule has 0 bridgehead atoms. The van der Waals surface area contributed by atoms with E-state index in [4.69, 9.17) is 25.8 Å². The summed E-state index contributed by atoms with van der Waals surface area (Å²) < 4.78 is 21.7. The fourth-order valence-electron chi connectivity index (χ4n) is 3.23. The quantitative estimate of drug-likeness (QED) is 0.641. The third-order valence-electron chi connectivity index (χ3n) is 4.83. The van der Waals surface area contributed by atoms with E-state index in [1.54, 1.807) is 0 Å². The molecule has 0 spiro atoms. The summed E-state index contributed by atoms with van der Waals surface area (Å²) >= 11 is 6.16. The molecule has 1 aliphatic rings. The van der Waals surface area contributed by atoms with Crippen molar-refractivity contribution < 1.29 is 28.5 Å². The highest BCUT2D eigenvalue weighted by atomic mass is 35.5. The lowest BCUT2D eigenvalue weighted by molar-refractivity contribution is -0.124. The van der Waals surface area contributed by atoms with Crippen molar-refractivity contribution in [2.75, 3.05) is 26.9 Å². The van der Waals surface area contributed by atoms with Crippen LogP contribution < -0.4 is 19.5 Å². The van der Waals surface area contributed by atoms with Crippen LogP contribution in [0.2, 0.25) is 5.02 Å². The molecule has 1 heterocycles. The van der Waals surface area contributed by atoms with Crippen LogP contribution in [0.15, 0.2) is 36.4 Å². The molecule has 8 heteroatoms. The van der Waals surface area contributed by atoms with Gasteiger partial charge in [0.15, 0.2) is 18.1 Å². The molecule has 0 aromatic heterocycles. The third kappa shape index (κ3) is 5.82. The molecule has 31 heavy (non-hydrogen) atoms. The summed E-state index contributed by atoms with van der Waals surface area (Å²) in [6, 6.07) is 9.98. The van der Waals surface area contributed by atoms with E-state index in [1.165, 1.54) is 25.3 Å². The third-order valence-corrected chi connectivity index (χ3v) is 5.12. The van der Waals surface area contributed by atoms with Gasteiger partial charge in [0.2, 0.25) is 0 Å². The van der Waals surface area contributed by atoms with E-state index in [0.717, 1.165) is 12.0 Å². The topological polar surface area (TPSA) is 83.1 Å². The molecule has 3 rings (SSSR count). The minimum Gasteiger partial charge on any atom is -0.490 e. The van der Waals surface area contributed by atoms with Gasteiger partial charge in [-0.2, -0.15) is 0 Å². The molecule has 2 aromatic rings. The summed E-state index contributed by atoms with van der Waals surface area (Å²) in [6.07, 6.45) is 0.828. The molecule has 1 amide bonds. The van der Waals surface area contributed by atoms with Gasteiger partial charge in [-0.25, -0.2) is 4.79 Å². The molecule has 0 saturated heterocycles. The summed E-state index contributed by atoms with van der Waals surface area (Å²) in [5.74, 6) is 1.05. The van der Waals surface area contributed by atoms with Gasteiger partial charge >= 0.3 is 5.97 Å². The Morgan fingerprint density at radius 2 is 1.84 bits per heavy atom. The lowest BCUT2D eigenvalue weighted by Crippen LogP contribution is -2.35. The van der Waals surface area contributed by atoms with Crippen molar-refractivity contribution in [2.24, 2.45) is 5.92 Å². The number of nitrogens with one attached hydrogen (secondary N) is 1. The Labute approximate surface area is 186 Å². The van der Waals surface area contributed by atoms with Crippen LogP contribution in [0.3, 0.4) is 0 Å². The van der Waals surface area contributed by atoms with E-state index in [0.29, 0.717) is 36.0 Å². The molecular weight excluding hydrogens is 422 g/mol. The number of amides is 1. The molecule has 0 radical (unpaired) electrons.